The fourth-order valence-corrected chi connectivity index (χ4v) is 3.12. The quantitative estimate of drug-likeness (QED) is 0.379. The third kappa shape index (κ3) is 2.82. The summed E-state index contributed by atoms with van der Waals surface area (Å²) >= 11 is 24.4. The molecule has 3 nitrogen and oxygen atoms in total. The molecule has 0 fully saturated rings. The zero-order valence-electron chi connectivity index (χ0n) is 9.61. The van der Waals surface area contributed by atoms with E-state index in [1.807, 2.05) is 0 Å². The van der Waals surface area contributed by atoms with E-state index in [-0.39, 0.29) is 33.4 Å². The first kappa shape index (κ1) is 16.9. The molecule has 1 heterocycles. The summed E-state index contributed by atoms with van der Waals surface area (Å²) in [5, 5.41) is 0.792. The Kier molecular flexibility index (Phi) is 5.41. The number of nitrogen functional groups attached to an aromatic ring is 1. The van der Waals surface area contributed by atoms with Gasteiger partial charge in [-0.1, -0.05) is 34.8 Å². The van der Waals surface area contributed by atoms with Gasteiger partial charge in [0.25, 0.3) is 0 Å². The summed E-state index contributed by atoms with van der Waals surface area (Å²) in [6.45, 7) is 1.39. The van der Waals surface area contributed by atoms with Gasteiger partial charge in [0.05, 0.1) is 17.6 Å². The highest BCUT2D eigenvalue weighted by Gasteiger charge is 2.38. The molecule has 1 aliphatic heterocycles. The minimum Gasteiger partial charge on any atom is -1.00 e. The molecule has 2 unspecified atom stereocenters. The molecule has 0 aromatic heterocycles. The molecule has 0 radical (unpaired) electrons. The highest BCUT2D eigenvalue weighted by Crippen LogP contribution is 2.38. The van der Waals surface area contributed by atoms with E-state index in [0.717, 1.165) is 0 Å². The van der Waals surface area contributed by atoms with Gasteiger partial charge in [-0.05, 0) is 23.7 Å². The Hall–Kier alpha value is -0.160. The SMILES string of the molecule is CC(=O)[NH+]1C(Cl)=C(Cl)c2cc(N)c(Cl)cc2C1Cl.[Cl-]. The molecule has 104 valence electrons. The Balaban J connectivity index is 0.00000180. The Morgan fingerprint density at radius 2 is 1.89 bits per heavy atom. The van der Waals surface area contributed by atoms with Gasteiger partial charge in [0.1, 0.15) is 5.03 Å². The lowest BCUT2D eigenvalue weighted by Crippen LogP contribution is -3.12. The van der Waals surface area contributed by atoms with E-state index in [1.54, 1.807) is 12.1 Å². The molecular formula is C11H9Cl5N2O. The second kappa shape index (κ2) is 6.08. The lowest BCUT2D eigenvalue weighted by atomic mass is 10.0. The predicted octanol–water partition coefficient (Wildman–Crippen LogP) is -0.288. The number of benzene rings is 1. The van der Waals surface area contributed by atoms with E-state index >= 15 is 0 Å². The lowest BCUT2D eigenvalue weighted by molar-refractivity contribution is -0.790. The molecule has 1 aromatic rings. The number of anilines is 1. The molecule has 0 spiro atoms. The van der Waals surface area contributed by atoms with Crippen molar-refractivity contribution in [3.05, 3.63) is 33.4 Å². The number of quaternary nitrogens is 1. The Bertz CT molecular complexity index is 572. The standard InChI is InChI=1S/C11H8Cl4N2O.ClH/c1-4(18)17-10(14)6-2-7(12)8(16)3-5(6)9(13)11(17)15;/h2-3,10H,16H2,1H3;1H. The molecule has 1 aliphatic rings. The second-order valence-corrected chi connectivity index (χ2v) is 5.52. The molecule has 0 aliphatic carbocycles. The summed E-state index contributed by atoms with van der Waals surface area (Å²) in [6, 6.07) is 3.22. The van der Waals surface area contributed by atoms with Crippen LogP contribution in [0.25, 0.3) is 5.03 Å². The number of amides is 1. The van der Waals surface area contributed by atoms with E-state index in [0.29, 0.717) is 21.8 Å². The number of carbonyl (C=O) groups excluding carboxylic acids is 1. The number of nitrogens with two attached hydrogens (primary N) is 1. The molecule has 2 rings (SSSR count). The van der Waals surface area contributed by atoms with Crippen LogP contribution >= 0.6 is 46.4 Å². The molecule has 8 heteroatoms. The van der Waals surface area contributed by atoms with Crippen LogP contribution in [0.2, 0.25) is 5.02 Å². The highest BCUT2D eigenvalue weighted by atomic mass is 35.5. The van der Waals surface area contributed by atoms with Crippen molar-refractivity contribution in [2.75, 3.05) is 5.73 Å². The first-order valence-electron chi connectivity index (χ1n) is 5.01. The van der Waals surface area contributed by atoms with Gasteiger partial charge in [-0.3, -0.25) is 0 Å². The molecule has 3 N–H and O–H groups in total. The largest absolute Gasteiger partial charge is 1.00 e. The number of hydrogen-bond donors (Lipinski definition) is 2. The molecule has 1 aromatic carbocycles. The second-order valence-electron chi connectivity index (χ2n) is 3.92. The molecule has 19 heavy (non-hydrogen) atoms. The first-order chi connectivity index (χ1) is 8.34. The zero-order chi connectivity index (χ0) is 13.6. The number of nitrogens with one attached hydrogen (secondary N) is 1. The smallest absolute Gasteiger partial charge is 0.316 e. The van der Waals surface area contributed by atoms with Gasteiger partial charge in [0, 0.05) is 11.1 Å². The maximum Gasteiger partial charge on any atom is 0.316 e. The topological polar surface area (TPSA) is 47.5 Å². The highest BCUT2D eigenvalue weighted by molar-refractivity contribution is 6.54. The summed E-state index contributed by atoms with van der Waals surface area (Å²) in [4.78, 5) is 11.8. The van der Waals surface area contributed by atoms with Crippen molar-refractivity contribution in [2.24, 2.45) is 0 Å². The average Bonchev–Trinajstić information content (AvgIpc) is 2.29. The summed E-state index contributed by atoms with van der Waals surface area (Å²) in [5.41, 5.74) is 6.67. The van der Waals surface area contributed by atoms with E-state index < -0.39 is 5.50 Å². The maximum atomic E-state index is 11.6. The summed E-state index contributed by atoms with van der Waals surface area (Å²) in [5.74, 6) is -0.225. The van der Waals surface area contributed by atoms with E-state index in [2.05, 4.69) is 0 Å². The number of hydrogen-bond acceptors (Lipinski definition) is 2. The van der Waals surface area contributed by atoms with Crippen molar-refractivity contribution in [1.82, 2.24) is 0 Å². The van der Waals surface area contributed by atoms with Gasteiger partial charge in [0.15, 0.2) is 0 Å². The Morgan fingerprint density at radius 3 is 2.42 bits per heavy atom. The van der Waals surface area contributed by atoms with Gasteiger partial charge >= 0.3 is 5.91 Å². The number of fused-ring (bicyclic) bond motifs is 1. The van der Waals surface area contributed by atoms with Crippen molar-refractivity contribution in [1.29, 1.82) is 0 Å². The van der Waals surface area contributed by atoms with E-state index in [1.165, 1.54) is 6.92 Å². The summed E-state index contributed by atoms with van der Waals surface area (Å²) in [7, 11) is 0. The number of halogens is 5. The summed E-state index contributed by atoms with van der Waals surface area (Å²) < 4.78 is 0. The minimum absolute atomic E-state index is 0. The molecule has 1 amide bonds. The van der Waals surface area contributed by atoms with Crippen molar-refractivity contribution in [3.8, 4) is 0 Å². The number of carbonyl (C=O) groups is 1. The number of rotatable bonds is 0. The maximum absolute atomic E-state index is 11.6. The monoisotopic (exact) mass is 360 g/mol. The van der Waals surface area contributed by atoms with Gasteiger partial charge in [-0.25, -0.2) is 9.69 Å². The fourth-order valence-electron chi connectivity index (χ4n) is 1.84. The first-order valence-corrected chi connectivity index (χ1v) is 6.58. The molecule has 0 bridgehead atoms. The van der Waals surface area contributed by atoms with Crippen LogP contribution in [0.3, 0.4) is 0 Å². The Morgan fingerprint density at radius 1 is 1.32 bits per heavy atom. The zero-order valence-corrected chi connectivity index (χ0v) is 13.4. The van der Waals surface area contributed by atoms with Crippen LogP contribution in [0.5, 0.6) is 0 Å². The normalized spacial score (nSPS) is 21.7. The van der Waals surface area contributed by atoms with Crippen LogP contribution in [-0.2, 0) is 4.79 Å². The van der Waals surface area contributed by atoms with Crippen LogP contribution < -0.4 is 23.0 Å². The van der Waals surface area contributed by atoms with Gasteiger partial charge < -0.3 is 18.1 Å². The van der Waals surface area contributed by atoms with Crippen molar-refractivity contribution in [3.63, 3.8) is 0 Å². The van der Waals surface area contributed by atoms with Crippen molar-refractivity contribution >= 4 is 63.0 Å². The van der Waals surface area contributed by atoms with Crippen LogP contribution in [0.1, 0.15) is 23.6 Å². The third-order valence-electron chi connectivity index (χ3n) is 2.74. The van der Waals surface area contributed by atoms with Gasteiger partial charge in [-0.15, -0.1) is 0 Å². The van der Waals surface area contributed by atoms with Crippen LogP contribution in [0.15, 0.2) is 17.3 Å². The summed E-state index contributed by atoms with van der Waals surface area (Å²) in [6.07, 6.45) is 0. The number of alkyl halides is 1. The van der Waals surface area contributed by atoms with Crippen molar-refractivity contribution in [2.45, 2.75) is 12.4 Å². The lowest BCUT2D eigenvalue weighted by Gasteiger charge is -2.27. The Labute approximate surface area is 136 Å². The average molecular weight is 362 g/mol. The molecule has 2 atom stereocenters. The molecule has 0 saturated carbocycles. The van der Waals surface area contributed by atoms with E-state index in [4.69, 9.17) is 52.1 Å². The molecule has 0 saturated heterocycles. The van der Waals surface area contributed by atoms with Crippen LogP contribution in [0, 0.1) is 0 Å². The van der Waals surface area contributed by atoms with E-state index in [9.17, 15) is 4.79 Å². The van der Waals surface area contributed by atoms with Crippen LogP contribution in [-0.4, -0.2) is 5.91 Å². The third-order valence-corrected chi connectivity index (χ3v) is 4.40. The predicted molar refractivity (Wildman–Crippen MR) is 74.7 cm³/mol. The van der Waals surface area contributed by atoms with Crippen molar-refractivity contribution < 1.29 is 22.1 Å². The fraction of sp³-hybridized carbons (Fsp3) is 0.182. The minimum atomic E-state index is -0.675. The van der Waals surface area contributed by atoms with Gasteiger partial charge in [0.2, 0.25) is 10.7 Å². The molecular weight excluding hydrogens is 353 g/mol. The van der Waals surface area contributed by atoms with Crippen LogP contribution in [0.4, 0.5) is 5.69 Å². The van der Waals surface area contributed by atoms with Gasteiger partial charge in [-0.2, -0.15) is 0 Å².